The van der Waals surface area contributed by atoms with Gasteiger partial charge in [0.1, 0.15) is 0 Å². The molecule has 20 heavy (non-hydrogen) atoms. The van der Waals surface area contributed by atoms with E-state index in [1.54, 1.807) is 6.20 Å². The van der Waals surface area contributed by atoms with Crippen molar-refractivity contribution in [2.75, 3.05) is 0 Å². The fourth-order valence-electron chi connectivity index (χ4n) is 2.69. The highest BCUT2D eigenvalue weighted by atomic mass is 16.3. The van der Waals surface area contributed by atoms with Crippen LogP contribution in [0, 0.1) is 27.7 Å². The first kappa shape index (κ1) is 14.5. The van der Waals surface area contributed by atoms with Gasteiger partial charge in [-0.15, -0.1) is 0 Å². The maximum Gasteiger partial charge on any atom is 0.347 e. The van der Waals surface area contributed by atoms with Gasteiger partial charge in [0.15, 0.2) is 0 Å². The first-order chi connectivity index (χ1) is 9.38. The van der Waals surface area contributed by atoms with E-state index in [0.29, 0.717) is 0 Å². The van der Waals surface area contributed by atoms with Crippen LogP contribution in [-0.2, 0) is 6.54 Å². The molecule has 0 radical (unpaired) electrons. The molecule has 1 aromatic carbocycles. The van der Waals surface area contributed by atoms with Crippen molar-refractivity contribution in [1.82, 2.24) is 9.55 Å². The Morgan fingerprint density at radius 3 is 2.35 bits per heavy atom. The van der Waals surface area contributed by atoms with E-state index in [0.717, 1.165) is 22.3 Å². The molecule has 0 aliphatic rings. The van der Waals surface area contributed by atoms with Crippen LogP contribution in [0.15, 0.2) is 29.3 Å². The normalized spacial score (nSPS) is 12.4. The lowest BCUT2D eigenvalue weighted by atomic mass is 9.95. The molecular weight excluding hydrogens is 252 g/mol. The second-order valence-electron chi connectivity index (χ2n) is 5.39. The quantitative estimate of drug-likeness (QED) is 0.932. The molecule has 0 spiro atoms. The summed E-state index contributed by atoms with van der Waals surface area (Å²) >= 11 is 0. The summed E-state index contributed by atoms with van der Waals surface area (Å²) < 4.78 is 1.46. The largest absolute Gasteiger partial charge is 0.387 e. The molecule has 2 rings (SSSR count). The van der Waals surface area contributed by atoms with Gasteiger partial charge in [0.05, 0.1) is 12.6 Å². The molecule has 1 atom stereocenters. The van der Waals surface area contributed by atoms with E-state index >= 15 is 0 Å². The van der Waals surface area contributed by atoms with Gasteiger partial charge in [-0.3, -0.25) is 4.57 Å². The molecule has 1 heterocycles. The number of hydrogen-bond acceptors (Lipinski definition) is 3. The molecule has 2 aromatic rings. The summed E-state index contributed by atoms with van der Waals surface area (Å²) in [6, 6.07) is 4.09. The summed E-state index contributed by atoms with van der Waals surface area (Å²) in [6.07, 6.45) is 2.54. The van der Waals surface area contributed by atoms with Crippen LogP contribution in [0.25, 0.3) is 0 Å². The Morgan fingerprint density at radius 2 is 1.75 bits per heavy atom. The van der Waals surface area contributed by atoms with Gasteiger partial charge in [0, 0.05) is 12.4 Å². The van der Waals surface area contributed by atoms with Crippen LogP contribution in [0.1, 0.15) is 33.9 Å². The Hall–Kier alpha value is -1.94. The number of rotatable bonds is 3. The number of hydrogen-bond donors (Lipinski definition) is 1. The number of aromatic nitrogens is 2. The molecule has 0 aliphatic carbocycles. The van der Waals surface area contributed by atoms with Gasteiger partial charge in [-0.05, 0) is 49.9 Å². The maximum atomic E-state index is 11.7. The molecule has 0 bridgehead atoms. The Labute approximate surface area is 118 Å². The van der Waals surface area contributed by atoms with E-state index in [9.17, 15) is 9.90 Å². The lowest BCUT2D eigenvalue weighted by Gasteiger charge is -2.18. The molecule has 1 N–H and O–H groups in total. The third-order valence-corrected chi connectivity index (χ3v) is 3.42. The minimum absolute atomic E-state index is 0.220. The Bertz CT molecular complexity index is 666. The third-order valence-electron chi connectivity index (χ3n) is 3.42. The van der Waals surface area contributed by atoms with Crippen molar-refractivity contribution in [3.63, 3.8) is 0 Å². The second-order valence-corrected chi connectivity index (χ2v) is 5.39. The van der Waals surface area contributed by atoms with Crippen molar-refractivity contribution in [2.45, 2.75) is 40.3 Å². The van der Waals surface area contributed by atoms with E-state index in [4.69, 9.17) is 0 Å². The highest BCUT2D eigenvalue weighted by Gasteiger charge is 2.15. The van der Waals surface area contributed by atoms with Gasteiger partial charge in [-0.2, -0.15) is 0 Å². The van der Waals surface area contributed by atoms with E-state index < -0.39 is 6.10 Å². The fourth-order valence-corrected chi connectivity index (χ4v) is 2.69. The lowest BCUT2D eigenvalue weighted by molar-refractivity contribution is 0.153. The van der Waals surface area contributed by atoms with Crippen LogP contribution < -0.4 is 5.69 Å². The molecule has 0 fully saturated rings. The highest BCUT2D eigenvalue weighted by molar-refractivity contribution is 5.38. The fraction of sp³-hybridized carbons (Fsp3) is 0.375. The molecule has 4 nitrogen and oxygen atoms in total. The molecule has 1 unspecified atom stereocenters. The minimum atomic E-state index is -0.711. The predicted molar refractivity (Wildman–Crippen MR) is 78.8 cm³/mol. The molecular formula is C16H20N2O2. The Balaban J connectivity index is 2.35. The first-order valence-electron chi connectivity index (χ1n) is 6.67. The minimum Gasteiger partial charge on any atom is -0.387 e. The summed E-state index contributed by atoms with van der Waals surface area (Å²) in [4.78, 5) is 15.5. The summed E-state index contributed by atoms with van der Waals surface area (Å²) in [5, 5.41) is 10.5. The van der Waals surface area contributed by atoms with Crippen LogP contribution in [-0.4, -0.2) is 14.7 Å². The zero-order chi connectivity index (χ0) is 14.9. The van der Waals surface area contributed by atoms with E-state index in [-0.39, 0.29) is 12.2 Å². The standard InChI is InChI=1S/C16H20N2O2/c1-10-5-12(3)15(13(4)6-10)14(19)9-18-8-11(2)7-17-16(18)20/h5-8,14,19H,9H2,1-4H3. The van der Waals surface area contributed by atoms with Gasteiger partial charge in [-0.25, -0.2) is 9.78 Å². The van der Waals surface area contributed by atoms with Crippen LogP contribution in [0.5, 0.6) is 0 Å². The zero-order valence-corrected chi connectivity index (χ0v) is 12.3. The number of benzene rings is 1. The van der Waals surface area contributed by atoms with Crippen LogP contribution in [0.3, 0.4) is 0 Å². The van der Waals surface area contributed by atoms with Crippen molar-refractivity contribution in [1.29, 1.82) is 0 Å². The second kappa shape index (κ2) is 5.59. The average Bonchev–Trinajstić information content (AvgIpc) is 2.32. The molecule has 0 aliphatic heterocycles. The van der Waals surface area contributed by atoms with Gasteiger partial charge in [0.25, 0.3) is 0 Å². The SMILES string of the molecule is Cc1cc(C)c(C(O)Cn2cc(C)cnc2=O)c(C)c1. The highest BCUT2D eigenvalue weighted by Crippen LogP contribution is 2.24. The molecule has 4 heteroatoms. The molecule has 0 amide bonds. The third kappa shape index (κ3) is 2.96. The van der Waals surface area contributed by atoms with Crippen LogP contribution in [0.2, 0.25) is 0 Å². The van der Waals surface area contributed by atoms with Crippen molar-refractivity contribution >= 4 is 0 Å². The van der Waals surface area contributed by atoms with Crippen molar-refractivity contribution in [3.05, 3.63) is 62.8 Å². The van der Waals surface area contributed by atoms with Gasteiger partial charge >= 0.3 is 5.69 Å². The lowest BCUT2D eigenvalue weighted by Crippen LogP contribution is -2.25. The molecule has 0 saturated heterocycles. The number of aliphatic hydroxyl groups excluding tert-OH is 1. The van der Waals surface area contributed by atoms with Crippen molar-refractivity contribution in [3.8, 4) is 0 Å². The number of aliphatic hydroxyl groups is 1. The van der Waals surface area contributed by atoms with Crippen molar-refractivity contribution < 1.29 is 5.11 Å². The van der Waals surface area contributed by atoms with Gasteiger partial charge in [0.2, 0.25) is 0 Å². The molecule has 0 saturated carbocycles. The zero-order valence-electron chi connectivity index (χ0n) is 12.3. The average molecular weight is 272 g/mol. The topological polar surface area (TPSA) is 55.1 Å². The first-order valence-corrected chi connectivity index (χ1v) is 6.67. The summed E-state index contributed by atoms with van der Waals surface area (Å²) in [6.45, 7) is 8.09. The summed E-state index contributed by atoms with van der Waals surface area (Å²) in [5.41, 5.74) is 4.72. The summed E-state index contributed by atoms with van der Waals surface area (Å²) in [7, 11) is 0. The van der Waals surface area contributed by atoms with Crippen molar-refractivity contribution in [2.24, 2.45) is 0 Å². The van der Waals surface area contributed by atoms with Gasteiger partial charge < -0.3 is 5.11 Å². The van der Waals surface area contributed by atoms with E-state index in [1.807, 2.05) is 39.8 Å². The monoisotopic (exact) mass is 272 g/mol. The van der Waals surface area contributed by atoms with Gasteiger partial charge in [-0.1, -0.05) is 17.7 Å². The molecule has 106 valence electrons. The number of nitrogens with zero attached hydrogens (tertiary/aromatic N) is 2. The maximum absolute atomic E-state index is 11.7. The number of aryl methyl sites for hydroxylation is 4. The molecule has 1 aromatic heterocycles. The predicted octanol–water partition coefficient (Wildman–Crippen LogP) is 2.21. The van der Waals surface area contributed by atoms with Crippen LogP contribution >= 0.6 is 0 Å². The smallest absolute Gasteiger partial charge is 0.347 e. The summed E-state index contributed by atoms with van der Waals surface area (Å²) in [5.74, 6) is 0. The Kier molecular flexibility index (Phi) is 4.04. The van der Waals surface area contributed by atoms with E-state index in [1.165, 1.54) is 16.3 Å². The van der Waals surface area contributed by atoms with Crippen LogP contribution in [0.4, 0.5) is 0 Å². The van der Waals surface area contributed by atoms with E-state index in [2.05, 4.69) is 4.98 Å². The Morgan fingerprint density at radius 1 is 1.15 bits per heavy atom.